The van der Waals surface area contributed by atoms with Crippen LogP contribution in [0.15, 0.2) is 24.3 Å². The van der Waals surface area contributed by atoms with E-state index < -0.39 is 0 Å². The lowest BCUT2D eigenvalue weighted by Gasteiger charge is -2.18. The fourth-order valence-corrected chi connectivity index (χ4v) is 2.95. The molecule has 0 N–H and O–H groups in total. The number of thiazole rings is 1. The molecule has 0 atom stereocenters. The molecule has 0 aliphatic rings. The molecule has 0 spiro atoms. The molecule has 0 aliphatic carbocycles. The minimum Gasteiger partial charge on any atom is -0.321 e. The number of hydrogen-bond acceptors (Lipinski definition) is 4. The lowest BCUT2D eigenvalue weighted by Crippen LogP contribution is -2.10. The molecule has 4 heteroatoms. The first-order chi connectivity index (χ1) is 9.17. The summed E-state index contributed by atoms with van der Waals surface area (Å²) in [5.41, 5.74) is 3.24. The van der Waals surface area contributed by atoms with E-state index in [1.807, 2.05) is 24.1 Å². The second-order valence-corrected chi connectivity index (χ2v) is 5.53. The van der Waals surface area contributed by atoms with E-state index in [0.717, 1.165) is 40.5 Å². The van der Waals surface area contributed by atoms with Crippen molar-refractivity contribution < 1.29 is 4.79 Å². The quantitative estimate of drug-likeness (QED) is 0.773. The van der Waals surface area contributed by atoms with Crippen molar-refractivity contribution in [1.29, 1.82) is 0 Å². The topological polar surface area (TPSA) is 33.2 Å². The minimum atomic E-state index is 0.747. The Labute approximate surface area is 117 Å². The van der Waals surface area contributed by atoms with Gasteiger partial charge in [0, 0.05) is 12.7 Å². The van der Waals surface area contributed by atoms with Crippen LogP contribution in [0.25, 0.3) is 0 Å². The third kappa shape index (κ3) is 2.84. The second kappa shape index (κ2) is 5.97. The van der Waals surface area contributed by atoms with Gasteiger partial charge >= 0.3 is 0 Å². The second-order valence-electron chi connectivity index (χ2n) is 4.52. The van der Waals surface area contributed by atoms with E-state index in [4.69, 9.17) is 0 Å². The van der Waals surface area contributed by atoms with Crippen molar-refractivity contribution in [1.82, 2.24) is 4.98 Å². The van der Waals surface area contributed by atoms with Gasteiger partial charge in [0.2, 0.25) is 0 Å². The summed E-state index contributed by atoms with van der Waals surface area (Å²) in [6, 6.07) is 8.18. The van der Waals surface area contributed by atoms with Gasteiger partial charge in [-0.2, -0.15) is 0 Å². The van der Waals surface area contributed by atoms with Gasteiger partial charge in [-0.25, -0.2) is 4.98 Å². The van der Waals surface area contributed by atoms with Crippen LogP contribution >= 0.6 is 11.3 Å². The van der Waals surface area contributed by atoms with Crippen molar-refractivity contribution in [2.24, 2.45) is 0 Å². The zero-order valence-electron chi connectivity index (χ0n) is 11.5. The lowest BCUT2D eigenvalue weighted by molar-refractivity contribution is 0.112. The molecule has 0 aliphatic heterocycles. The van der Waals surface area contributed by atoms with Gasteiger partial charge < -0.3 is 4.90 Å². The fourth-order valence-electron chi connectivity index (χ4n) is 2.04. The zero-order valence-corrected chi connectivity index (χ0v) is 12.3. The third-order valence-electron chi connectivity index (χ3n) is 3.07. The van der Waals surface area contributed by atoms with E-state index in [1.54, 1.807) is 0 Å². The van der Waals surface area contributed by atoms with Crippen molar-refractivity contribution in [3.8, 4) is 0 Å². The predicted octanol–water partition coefficient (Wildman–Crippen LogP) is 3.98. The molecule has 3 nitrogen and oxygen atoms in total. The predicted molar refractivity (Wildman–Crippen MR) is 80.7 cm³/mol. The Bertz CT molecular complexity index is 577. The number of rotatable bonds is 5. The van der Waals surface area contributed by atoms with Gasteiger partial charge in [0.1, 0.15) is 0 Å². The SMILES string of the molecule is CCCc1nc(N(C)c2ccccc2C)sc1C=O. The fraction of sp³-hybridized carbons (Fsp3) is 0.333. The van der Waals surface area contributed by atoms with Crippen LogP contribution in [0, 0.1) is 6.92 Å². The van der Waals surface area contributed by atoms with Crippen molar-refractivity contribution in [3.63, 3.8) is 0 Å². The van der Waals surface area contributed by atoms with Crippen molar-refractivity contribution in [3.05, 3.63) is 40.4 Å². The molecule has 0 unspecified atom stereocenters. The van der Waals surface area contributed by atoms with E-state index in [-0.39, 0.29) is 0 Å². The molecular formula is C15H18N2OS. The van der Waals surface area contributed by atoms with Crippen LogP contribution in [0.1, 0.15) is 34.3 Å². The largest absolute Gasteiger partial charge is 0.321 e. The summed E-state index contributed by atoms with van der Waals surface area (Å²) < 4.78 is 0. The van der Waals surface area contributed by atoms with Crippen LogP contribution in [0.3, 0.4) is 0 Å². The van der Waals surface area contributed by atoms with Gasteiger partial charge in [-0.3, -0.25) is 4.79 Å². The van der Waals surface area contributed by atoms with Crippen LogP contribution in [0.5, 0.6) is 0 Å². The van der Waals surface area contributed by atoms with Crippen molar-refractivity contribution >= 4 is 28.4 Å². The molecule has 1 aromatic heterocycles. The van der Waals surface area contributed by atoms with Gasteiger partial charge in [0.05, 0.1) is 10.6 Å². The highest BCUT2D eigenvalue weighted by Gasteiger charge is 2.15. The number of nitrogens with zero attached hydrogens (tertiary/aromatic N) is 2. The molecule has 1 heterocycles. The summed E-state index contributed by atoms with van der Waals surface area (Å²) in [6.45, 7) is 4.17. The van der Waals surface area contributed by atoms with Crippen LogP contribution in [0.2, 0.25) is 0 Å². The van der Waals surface area contributed by atoms with E-state index in [1.165, 1.54) is 16.9 Å². The van der Waals surface area contributed by atoms with Gasteiger partial charge in [0.25, 0.3) is 0 Å². The smallest absolute Gasteiger partial charge is 0.190 e. The molecule has 0 bridgehead atoms. The summed E-state index contributed by atoms with van der Waals surface area (Å²) in [6.07, 6.45) is 2.77. The Kier molecular flexibility index (Phi) is 4.32. The Morgan fingerprint density at radius 3 is 2.74 bits per heavy atom. The van der Waals surface area contributed by atoms with Crippen LogP contribution < -0.4 is 4.90 Å². The molecule has 0 saturated carbocycles. The highest BCUT2D eigenvalue weighted by atomic mass is 32.1. The van der Waals surface area contributed by atoms with Crippen molar-refractivity contribution in [2.45, 2.75) is 26.7 Å². The van der Waals surface area contributed by atoms with E-state index in [0.29, 0.717) is 0 Å². The average molecular weight is 274 g/mol. The van der Waals surface area contributed by atoms with Gasteiger partial charge in [-0.15, -0.1) is 0 Å². The Balaban J connectivity index is 2.36. The van der Waals surface area contributed by atoms with Gasteiger partial charge in [0.15, 0.2) is 11.4 Å². The van der Waals surface area contributed by atoms with Gasteiger partial charge in [-0.1, -0.05) is 42.9 Å². The average Bonchev–Trinajstić information content (AvgIpc) is 2.82. The summed E-state index contributed by atoms with van der Waals surface area (Å²) >= 11 is 1.46. The van der Waals surface area contributed by atoms with E-state index >= 15 is 0 Å². The Morgan fingerprint density at radius 2 is 2.11 bits per heavy atom. The molecule has 19 heavy (non-hydrogen) atoms. The molecule has 2 rings (SSSR count). The highest BCUT2D eigenvalue weighted by molar-refractivity contribution is 7.17. The first-order valence-corrected chi connectivity index (χ1v) is 7.23. The number of carbonyl (C=O) groups excluding carboxylic acids is 1. The molecule has 2 aromatic rings. The number of benzene rings is 1. The van der Waals surface area contributed by atoms with Crippen LogP contribution in [0.4, 0.5) is 10.8 Å². The summed E-state index contributed by atoms with van der Waals surface area (Å²) in [4.78, 5) is 18.5. The van der Waals surface area contributed by atoms with E-state index in [9.17, 15) is 4.79 Å². The third-order valence-corrected chi connectivity index (χ3v) is 4.17. The maximum Gasteiger partial charge on any atom is 0.190 e. The highest BCUT2D eigenvalue weighted by Crippen LogP contribution is 2.31. The zero-order chi connectivity index (χ0) is 13.8. The van der Waals surface area contributed by atoms with E-state index in [2.05, 4.69) is 31.0 Å². The molecule has 100 valence electrons. The molecule has 0 amide bonds. The molecular weight excluding hydrogens is 256 g/mol. The maximum atomic E-state index is 11.1. The standard InChI is InChI=1S/C15H18N2OS/c1-4-7-12-14(10-18)19-15(16-12)17(3)13-9-6-5-8-11(13)2/h5-6,8-10H,4,7H2,1-3H3. The molecule has 0 saturated heterocycles. The summed E-state index contributed by atoms with van der Waals surface area (Å²) in [7, 11) is 1.99. The number of aromatic nitrogens is 1. The van der Waals surface area contributed by atoms with Crippen LogP contribution in [-0.2, 0) is 6.42 Å². The monoisotopic (exact) mass is 274 g/mol. The summed E-state index contributed by atoms with van der Waals surface area (Å²) in [5, 5.41) is 0.875. The summed E-state index contributed by atoms with van der Waals surface area (Å²) in [5.74, 6) is 0. The normalized spacial score (nSPS) is 10.5. The number of hydrogen-bond donors (Lipinski definition) is 0. The number of aldehydes is 1. The lowest BCUT2D eigenvalue weighted by atomic mass is 10.2. The molecule has 1 aromatic carbocycles. The van der Waals surface area contributed by atoms with Crippen LogP contribution in [-0.4, -0.2) is 18.3 Å². The molecule has 0 fully saturated rings. The number of carbonyl (C=O) groups is 1. The number of para-hydroxylation sites is 1. The van der Waals surface area contributed by atoms with Gasteiger partial charge in [-0.05, 0) is 25.0 Å². The first kappa shape index (κ1) is 13.7. The minimum absolute atomic E-state index is 0.747. The Morgan fingerprint density at radius 1 is 1.37 bits per heavy atom. The number of anilines is 2. The number of aryl methyl sites for hydroxylation is 2. The van der Waals surface area contributed by atoms with Crippen molar-refractivity contribution in [2.75, 3.05) is 11.9 Å². The Hall–Kier alpha value is -1.68. The first-order valence-electron chi connectivity index (χ1n) is 6.41. The maximum absolute atomic E-state index is 11.1. The molecule has 0 radical (unpaired) electrons.